The molecule has 7 rings (SSSR count). The zero-order valence-electron chi connectivity index (χ0n) is 34.1. The van der Waals surface area contributed by atoms with Gasteiger partial charge < -0.3 is 9.64 Å². The van der Waals surface area contributed by atoms with Crippen molar-refractivity contribution < 1.29 is 23.9 Å². The van der Waals surface area contributed by atoms with E-state index in [9.17, 15) is 9.59 Å². The van der Waals surface area contributed by atoms with Crippen molar-refractivity contribution in [2.24, 2.45) is 73.4 Å². The largest absolute Gasteiger partial charge is 0.462 e. The van der Waals surface area contributed by atoms with Gasteiger partial charge in [0.15, 0.2) is 0 Å². The summed E-state index contributed by atoms with van der Waals surface area (Å²) in [6.07, 6.45) is 16.4. The van der Waals surface area contributed by atoms with Crippen LogP contribution in [-0.4, -0.2) is 42.1 Å². The van der Waals surface area contributed by atoms with Crippen molar-refractivity contribution in [3.05, 3.63) is 12.2 Å². The molecule has 0 aromatic carbocycles. The number of carbonyl (C=O) groups is 2. The number of carbonyl (C=O) groups excluding carboxylic acids is 4. The van der Waals surface area contributed by atoms with Gasteiger partial charge >= 0.3 is 12.1 Å². The van der Waals surface area contributed by atoms with Crippen LogP contribution >= 0.6 is 0 Å². The molecule has 1 aliphatic heterocycles. The highest BCUT2D eigenvalue weighted by atomic mass is 16.5. The minimum atomic E-state index is -0.212. The fraction of sp³-hybridized carbons (Fsp3) is 0.889. The number of amides is 1. The first kappa shape index (κ1) is 38.8. The summed E-state index contributed by atoms with van der Waals surface area (Å²) in [5.41, 5.74) is 1.88. The predicted molar refractivity (Wildman–Crippen MR) is 200 cm³/mol. The lowest BCUT2D eigenvalue weighted by molar-refractivity contribution is -0.277. The molecule has 6 heteroatoms. The second-order valence-electron chi connectivity index (χ2n) is 21.0. The van der Waals surface area contributed by atoms with Crippen LogP contribution in [0.2, 0.25) is 0 Å². The van der Waals surface area contributed by atoms with Crippen LogP contribution in [0.1, 0.15) is 159 Å². The standard InChI is InChI=1S/C44H71NO3.CO2/c1-12-30-34(38(30,4)5)36(46)48-33-19-20-40(8)31(39(33,6)7)17-21-41(9)32(40)18-22-42(10)35-29(28(2)3)16-23-44(35,25-24-43(41,42)11)37(47)45-26-14-13-15-27-45;2-1-3/h29-35H,2,12-27H2,1,3-11H3;/t29-,30+,31-,32+,33-,34+,35+,40-,41+,42+,43-,44-;/m0./s1. The minimum absolute atomic E-state index is 0.0108. The molecule has 0 N–H and O–H groups in total. The SMILES string of the molecule is C=C(C)[C@@H]1CC[C@]2(C(=O)N3CCCCC3)CC[C@@]3(C)[C@]4(C)CC[C@H]5C(C)(C)[C@@H](OC(=O)[C@H]6[C@@H](CC)C6(C)C)CC[C@]5(C)[C@H]4CC[C@]3(C)[C@@H]12.O=C=O. The van der Waals surface area contributed by atoms with Gasteiger partial charge in [-0.15, -0.1) is 0 Å². The molecule has 6 nitrogen and oxygen atoms in total. The second-order valence-corrected chi connectivity index (χ2v) is 21.0. The van der Waals surface area contributed by atoms with Crippen molar-refractivity contribution >= 4 is 18.0 Å². The Hall–Kier alpha value is -1.94. The molecule has 51 heavy (non-hydrogen) atoms. The zero-order valence-corrected chi connectivity index (χ0v) is 34.1. The van der Waals surface area contributed by atoms with Crippen molar-refractivity contribution in [3.63, 3.8) is 0 Å². The number of allylic oxidation sites excluding steroid dienone is 1. The van der Waals surface area contributed by atoms with Crippen LogP contribution < -0.4 is 0 Å². The Morgan fingerprint density at radius 2 is 1.37 bits per heavy atom. The first-order chi connectivity index (χ1) is 23.8. The third-order valence-corrected chi connectivity index (χ3v) is 18.8. The van der Waals surface area contributed by atoms with E-state index in [2.05, 4.69) is 80.7 Å². The first-order valence-corrected chi connectivity index (χ1v) is 20.9. The van der Waals surface area contributed by atoms with E-state index in [0.717, 1.165) is 51.6 Å². The van der Waals surface area contributed by atoms with Gasteiger partial charge in [0.1, 0.15) is 6.10 Å². The van der Waals surface area contributed by atoms with E-state index >= 15 is 0 Å². The van der Waals surface area contributed by atoms with Crippen LogP contribution in [0, 0.1) is 73.4 Å². The van der Waals surface area contributed by atoms with Crippen molar-refractivity contribution in [2.75, 3.05) is 13.1 Å². The smallest absolute Gasteiger partial charge is 0.373 e. The van der Waals surface area contributed by atoms with Crippen LogP contribution in [-0.2, 0) is 23.9 Å². The molecule has 7 fully saturated rings. The first-order valence-electron chi connectivity index (χ1n) is 20.9. The topological polar surface area (TPSA) is 80.8 Å². The molecule has 7 aliphatic rings. The molecule has 0 aromatic heterocycles. The van der Waals surface area contributed by atoms with Crippen molar-refractivity contribution in [3.8, 4) is 0 Å². The van der Waals surface area contributed by atoms with Gasteiger partial charge in [-0.25, -0.2) is 0 Å². The molecule has 1 amide bonds. The van der Waals surface area contributed by atoms with E-state index in [-0.39, 0.29) is 62.0 Å². The normalized spacial score (nSPS) is 47.5. The summed E-state index contributed by atoms with van der Waals surface area (Å²) in [4.78, 5) is 46.9. The highest BCUT2D eigenvalue weighted by molar-refractivity contribution is 5.84. The van der Waals surface area contributed by atoms with Gasteiger partial charge in [-0.05, 0) is 147 Å². The van der Waals surface area contributed by atoms with Crippen molar-refractivity contribution in [2.45, 2.75) is 165 Å². The lowest BCUT2D eigenvalue weighted by Crippen LogP contribution is -2.70. The summed E-state index contributed by atoms with van der Waals surface area (Å²) in [5, 5.41) is 0. The number of fused-ring (bicyclic) bond motifs is 7. The predicted octanol–water partition coefficient (Wildman–Crippen LogP) is 10.1. The fourth-order valence-corrected chi connectivity index (χ4v) is 15.9. The molecule has 286 valence electrons. The molecular formula is C45H71NO5. The summed E-state index contributed by atoms with van der Waals surface area (Å²) in [6.45, 7) is 31.1. The van der Waals surface area contributed by atoms with Crippen LogP contribution in [0.15, 0.2) is 12.2 Å². The molecule has 0 unspecified atom stereocenters. The molecule has 12 atom stereocenters. The Bertz CT molecular complexity index is 1440. The van der Waals surface area contributed by atoms with Gasteiger partial charge in [0, 0.05) is 18.5 Å². The Kier molecular flexibility index (Phi) is 9.76. The Labute approximate surface area is 310 Å². The van der Waals surface area contributed by atoms with Gasteiger partial charge in [-0.3, -0.25) is 9.59 Å². The van der Waals surface area contributed by atoms with E-state index in [4.69, 9.17) is 14.3 Å². The Morgan fingerprint density at radius 1 is 0.765 bits per heavy atom. The minimum Gasteiger partial charge on any atom is -0.462 e. The van der Waals surface area contributed by atoms with Gasteiger partial charge in [0.25, 0.3) is 0 Å². The number of likely N-dealkylation sites (tertiary alicyclic amines) is 1. The maximum absolute atomic E-state index is 14.8. The van der Waals surface area contributed by atoms with E-state index in [1.165, 1.54) is 56.9 Å². The third kappa shape index (κ3) is 5.27. The molecule has 1 heterocycles. The van der Waals surface area contributed by atoms with E-state index < -0.39 is 0 Å². The fourth-order valence-electron chi connectivity index (χ4n) is 15.9. The highest BCUT2D eigenvalue weighted by Crippen LogP contribution is 2.81. The third-order valence-electron chi connectivity index (χ3n) is 18.8. The molecule has 1 saturated heterocycles. The van der Waals surface area contributed by atoms with Crippen LogP contribution in [0.4, 0.5) is 0 Å². The van der Waals surface area contributed by atoms with Gasteiger partial charge in [-0.2, -0.15) is 9.59 Å². The zero-order chi connectivity index (χ0) is 37.6. The average molecular weight is 706 g/mol. The van der Waals surface area contributed by atoms with Crippen LogP contribution in [0.25, 0.3) is 0 Å². The monoisotopic (exact) mass is 706 g/mol. The molecule has 0 spiro atoms. The Balaban J connectivity index is 0.00000144. The lowest BCUT2D eigenvalue weighted by Gasteiger charge is -2.76. The second kappa shape index (κ2) is 12.8. The molecule has 6 saturated carbocycles. The van der Waals surface area contributed by atoms with Gasteiger partial charge in [0.2, 0.25) is 5.91 Å². The molecule has 6 aliphatic carbocycles. The average Bonchev–Trinajstić information content (AvgIpc) is 3.40. The number of esters is 1. The van der Waals surface area contributed by atoms with Crippen LogP contribution in [0.5, 0.6) is 0 Å². The molecule has 0 radical (unpaired) electrons. The quantitative estimate of drug-likeness (QED) is 0.210. The Morgan fingerprint density at radius 3 is 1.96 bits per heavy atom. The summed E-state index contributed by atoms with van der Waals surface area (Å²) in [7, 11) is 0. The summed E-state index contributed by atoms with van der Waals surface area (Å²) >= 11 is 0. The van der Waals surface area contributed by atoms with Gasteiger partial charge in [-0.1, -0.05) is 80.9 Å². The number of nitrogens with zero attached hydrogens (tertiary/aromatic N) is 1. The molecular weight excluding hydrogens is 634 g/mol. The van der Waals surface area contributed by atoms with Crippen LogP contribution in [0.3, 0.4) is 0 Å². The number of piperidine rings is 1. The lowest BCUT2D eigenvalue weighted by atomic mass is 9.29. The summed E-state index contributed by atoms with van der Waals surface area (Å²) < 4.78 is 6.56. The number of hydrogen-bond acceptors (Lipinski definition) is 5. The molecule has 0 bridgehead atoms. The van der Waals surface area contributed by atoms with E-state index in [0.29, 0.717) is 35.5 Å². The maximum atomic E-state index is 14.8. The molecule has 0 aromatic rings. The number of ether oxygens (including phenoxy) is 1. The van der Waals surface area contributed by atoms with Crippen molar-refractivity contribution in [1.82, 2.24) is 4.90 Å². The number of rotatable bonds is 5. The maximum Gasteiger partial charge on any atom is 0.373 e. The van der Waals surface area contributed by atoms with E-state index in [1.807, 2.05) is 0 Å². The van der Waals surface area contributed by atoms with E-state index in [1.54, 1.807) is 0 Å². The summed E-state index contributed by atoms with van der Waals surface area (Å²) in [6, 6.07) is 0. The highest BCUT2D eigenvalue weighted by Gasteiger charge is 2.76. The summed E-state index contributed by atoms with van der Waals surface area (Å²) in [5.74, 6) is 3.15. The van der Waals surface area contributed by atoms with Gasteiger partial charge in [0.05, 0.1) is 11.3 Å². The number of hydrogen-bond donors (Lipinski definition) is 0. The van der Waals surface area contributed by atoms with Crippen molar-refractivity contribution in [1.29, 1.82) is 0 Å².